The predicted octanol–water partition coefficient (Wildman–Crippen LogP) is 1.78. The highest BCUT2D eigenvalue weighted by Crippen LogP contribution is 2.19. The molecule has 1 aromatic carbocycles. The Morgan fingerprint density at radius 3 is 2.89 bits per heavy atom. The van der Waals surface area contributed by atoms with Gasteiger partial charge in [-0.3, -0.25) is 10.6 Å². The van der Waals surface area contributed by atoms with E-state index in [-0.39, 0.29) is 5.91 Å². The zero-order valence-corrected chi connectivity index (χ0v) is 11.1. The third kappa shape index (κ3) is 4.52. The van der Waals surface area contributed by atoms with E-state index >= 15 is 0 Å². The summed E-state index contributed by atoms with van der Waals surface area (Å²) in [5.74, 6) is 5.15. The predicted molar refractivity (Wildman–Crippen MR) is 72.7 cm³/mol. The van der Waals surface area contributed by atoms with Gasteiger partial charge in [0.25, 0.3) is 5.91 Å². The minimum absolute atomic E-state index is 0.192. The number of hydrogen-bond donors (Lipinski definition) is 3. The molecule has 1 aromatic rings. The van der Waals surface area contributed by atoms with Crippen LogP contribution in [0.3, 0.4) is 0 Å². The van der Waals surface area contributed by atoms with Gasteiger partial charge >= 0.3 is 0 Å². The fourth-order valence-electron chi connectivity index (χ4n) is 1.50. The molecular weight excluding hydrogens is 254 g/mol. The number of nitrogen functional groups attached to an aromatic ring is 1. The molecule has 18 heavy (non-hydrogen) atoms. The summed E-state index contributed by atoms with van der Waals surface area (Å²) in [5.41, 5.74) is 3.47. The summed E-state index contributed by atoms with van der Waals surface area (Å²) in [4.78, 5) is 11.9. The molecule has 0 fully saturated rings. The third-order valence-electron chi connectivity index (χ3n) is 2.44. The Kier molecular flexibility index (Phi) is 6.49. The molecule has 6 heteroatoms. The summed E-state index contributed by atoms with van der Waals surface area (Å²) < 4.78 is 4.93. The van der Waals surface area contributed by atoms with Crippen LogP contribution >= 0.6 is 11.6 Å². The largest absolute Gasteiger partial charge is 0.385 e. The van der Waals surface area contributed by atoms with Crippen molar-refractivity contribution in [1.82, 2.24) is 5.32 Å². The number of nitrogens with one attached hydrogen (secondary N) is 2. The number of ether oxygens (including phenoxy) is 1. The molecule has 0 spiro atoms. The van der Waals surface area contributed by atoms with Crippen LogP contribution in [0.5, 0.6) is 0 Å². The molecule has 0 aliphatic heterocycles. The number of benzene rings is 1. The first kappa shape index (κ1) is 14.8. The second-order valence-electron chi connectivity index (χ2n) is 3.79. The number of carbonyl (C=O) groups excluding carboxylic acids is 1. The van der Waals surface area contributed by atoms with Crippen LogP contribution in [0.15, 0.2) is 18.2 Å². The molecule has 100 valence electrons. The van der Waals surface area contributed by atoms with Crippen molar-refractivity contribution in [3.63, 3.8) is 0 Å². The van der Waals surface area contributed by atoms with Crippen molar-refractivity contribution < 1.29 is 9.53 Å². The van der Waals surface area contributed by atoms with Crippen molar-refractivity contribution in [2.45, 2.75) is 12.8 Å². The average Bonchev–Trinajstić information content (AvgIpc) is 2.38. The Hall–Kier alpha value is -1.30. The quantitative estimate of drug-likeness (QED) is 0.401. The average molecular weight is 272 g/mol. The molecule has 0 unspecified atom stereocenters. The first-order chi connectivity index (χ1) is 8.69. The normalized spacial score (nSPS) is 10.2. The number of amides is 1. The highest BCUT2D eigenvalue weighted by molar-refractivity contribution is 6.31. The number of carbonyl (C=O) groups is 1. The summed E-state index contributed by atoms with van der Waals surface area (Å²) in [6.45, 7) is 1.29. The number of unbranched alkanes of at least 4 members (excludes halogenated alkanes) is 1. The van der Waals surface area contributed by atoms with E-state index in [0.29, 0.717) is 29.4 Å². The summed E-state index contributed by atoms with van der Waals surface area (Å²) in [7, 11) is 1.66. The van der Waals surface area contributed by atoms with Gasteiger partial charge in [-0.25, -0.2) is 0 Å². The van der Waals surface area contributed by atoms with Crippen molar-refractivity contribution in [3.05, 3.63) is 28.8 Å². The van der Waals surface area contributed by atoms with Crippen molar-refractivity contribution >= 4 is 23.2 Å². The lowest BCUT2D eigenvalue weighted by Crippen LogP contribution is -2.26. The molecular formula is C12H18ClN3O2. The van der Waals surface area contributed by atoms with Crippen LogP contribution in [-0.2, 0) is 4.74 Å². The second-order valence-corrected chi connectivity index (χ2v) is 4.23. The van der Waals surface area contributed by atoms with Crippen LogP contribution in [0, 0.1) is 0 Å². The molecule has 0 aromatic heterocycles. The molecule has 4 N–H and O–H groups in total. The maximum Gasteiger partial charge on any atom is 0.253 e. The molecule has 0 bridgehead atoms. The van der Waals surface area contributed by atoms with E-state index in [1.165, 1.54) is 0 Å². The lowest BCUT2D eigenvalue weighted by atomic mass is 10.1. The van der Waals surface area contributed by atoms with E-state index < -0.39 is 0 Å². The number of rotatable bonds is 7. The Morgan fingerprint density at radius 2 is 2.22 bits per heavy atom. The molecule has 0 heterocycles. The Balaban J connectivity index is 2.52. The van der Waals surface area contributed by atoms with Crippen LogP contribution in [0.1, 0.15) is 23.2 Å². The van der Waals surface area contributed by atoms with Gasteiger partial charge in [0.15, 0.2) is 0 Å². The molecule has 0 atom stereocenters. The molecule has 1 rings (SSSR count). The van der Waals surface area contributed by atoms with Gasteiger partial charge in [0.05, 0.1) is 11.3 Å². The summed E-state index contributed by atoms with van der Waals surface area (Å²) in [6, 6.07) is 4.93. The fourth-order valence-corrected chi connectivity index (χ4v) is 1.67. The molecule has 0 aliphatic rings. The molecule has 0 saturated carbocycles. The smallest absolute Gasteiger partial charge is 0.253 e. The lowest BCUT2D eigenvalue weighted by molar-refractivity contribution is 0.0952. The zero-order chi connectivity index (χ0) is 13.4. The number of methoxy groups -OCH3 is 1. The Morgan fingerprint density at radius 1 is 1.44 bits per heavy atom. The molecule has 0 saturated heterocycles. The molecule has 5 nitrogen and oxygen atoms in total. The Bertz CT molecular complexity index is 399. The van der Waals surface area contributed by atoms with Crippen LogP contribution in [-0.4, -0.2) is 26.2 Å². The van der Waals surface area contributed by atoms with E-state index in [9.17, 15) is 4.79 Å². The van der Waals surface area contributed by atoms with Crippen LogP contribution in [0.4, 0.5) is 5.69 Å². The van der Waals surface area contributed by atoms with Gasteiger partial charge in [0.2, 0.25) is 0 Å². The highest BCUT2D eigenvalue weighted by atomic mass is 35.5. The molecule has 0 radical (unpaired) electrons. The fraction of sp³-hybridized carbons (Fsp3) is 0.417. The molecule has 0 aliphatic carbocycles. The van der Waals surface area contributed by atoms with Gasteiger partial charge in [-0.15, -0.1) is 0 Å². The highest BCUT2D eigenvalue weighted by Gasteiger charge is 2.10. The third-order valence-corrected chi connectivity index (χ3v) is 2.68. The lowest BCUT2D eigenvalue weighted by Gasteiger charge is -2.10. The number of hydrazine groups is 1. The van der Waals surface area contributed by atoms with Crippen LogP contribution in [0.2, 0.25) is 5.02 Å². The number of nitrogens with two attached hydrogens (primary N) is 1. The van der Waals surface area contributed by atoms with Crippen molar-refractivity contribution in [2.75, 3.05) is 25.7 Å². The SMILES string of the molecule is COCCCCNC(=O)c1cc(Cl)ccc1NN. The first-order valence-electron chi connectivity index (χ1n) is 5.72. The van der Waals surface area contributed by atoms with E-state index in [1.54, 1.807) is 25.3 Å². The Labute approximate surface area is 112 Å². The number of hydrogen-bond acceptors (Lipinski definition) is 4. The molecule has 1 amide bonds. The zero-order valence-electron chi connectivity index (χ0n) is 10.3. The van der Waals surface area contributed by atoms with E-state index in [4.69, 9.17) is 22.2 Å². The summed E-state index contributed by atoms with van der Waals surface area (Å²) >= 11 is 5.86. The topological polar surface area (TPSA) is 76.4 Å². The van der Waals surface area contributed by atoms with Crippen molar-refractivity contribution in [3.8, 4) is 0 Å². The number of halogens is 1. The van der Waals surface area contributed by atoms with E-state index in [0.717, 1.165) is 12.8 Å². The van der Waals surface area contributed by atoms with Gasteiger partial charge in [-0.1, -0.05) is 11.6 Å². The van der Waals surface area contributed by atoms with Gasteiger partial charge in [-0.05, 0) is 31.0 Å². The second kappa shape index (κ2) is 7.92. The minimum atomic E-state index is -0.192. The minimum Gasteiger partial charge on any atom is -0.385 e. The van der Waals surface area contributed by atoms with Gasteiger partial charge in [-0.2, -0.15) is 0 Å². The first-order valence-corrected chi connectivity index (χ1v) is 6.10. The van der Waals surface area contributed by atoms with Gasteiger partial charge < -0.3 is 15.5 Å². The van der Waals surface area contributed by atoms with Crippen LogP contribution in [0.25, 0.3) is 0 Å². The van der Waals surface area contributed by atoms with Crippen LogP contribution < -0.4 is 16.6 Å². The van der Waals surface area contributed by atoms with Crippen molar-refractivity contribution in [2.24, 2.45) is 5.84 Å². The van der Waals surface area contributed by atoms with Crippen molar-refractivity contribution in [1.29, 1.82) is 0 Å². The number of anilines is 1. The maximum absolute atomic E-state index is 11.9. The monoisotopic (exact) mass is 271 g/mol. The van der Waals surface area contributed by atoms with E-state index in [1.807, 2.05) is 0 Å². The maximum atomic E-state index is 11.9. The van der Waals surface area contributed by atoms with Gasteiger partial charge in [0.1, 0.15) is 0 Å². The van der Waals surface area contributed by atoms with E-state index in [2.05, 4.69) is 10.7 Å². The summed E-state index contributed by atoms with van der Waals surface area (Å²) in [5, 5.41) is 3.31. The standard InChI is InChI=1S/C12H18ClN3O2/c1-18-7-3-2-6-15-12(17)10-8-9(13)4-5-11(10)16-14/h4-5,8,16H,2-3,6-7,14H2,1H3,(H,15,17). The van der Waals surface area contributed by atoms with Gasteiger partial charge in [0, 0.05) is 25.3 Å². The summed E-state index contributed by atoms with van der Waals surface area (Å²) in [6.07, 6.45) is 1.78.